The van der Waals surface area contributed by atoms with E-state index in [0.29, 0.717) is 39.3 Å². The topological polar surface area (TPSA) is 115 Å². The smallest absolute Gasteiger partial charge is 0.264 e. The molecule has 3 aliphatic rings. The number of para-hydroxylation sites is 1. The molecule has 0 aliphatic carbocycles. The third-order valence-corrected chi connectivity index (χ3v) is 9.92. The molecule has 0 saturated carbocycles. The zero-order valence-electron chi connectivity index (χ0n) is 23.1. The molecule has 5 rings (SSSR count). The van der Waals surface area contributed by atoms with Gasteiger partial charge in [-0.2, -0.15) is 4.31 Å². The van der Waals surface area contributed by atoms with E-state index >= 15 is 0 Å². The number of amides is 1. The zero-order chi connectivity index (χ0) is 27.9. The maximum Gasteiger partial charge on any atom is 0.264 e. The van der Waals surface area contributed by atoms with E-state index in [0.717, 1.165) is 36.6 Å². The first-order chi connectivity index (χ1) is 18.5. The fraction of sp³-hybridized carbons (Fsp3) is 0.643. The number of piperidine rings is 1. The number of piperazine rings is 1. The van der Waals surface area contributed by atoms with Crippen molar-refractivity contribution in [2.75, 3.05) is 45.5 Å². The van der Waals surface area contributed by atoms with E-state index in [2.05, 4.69) is 15.1 Å². The molecule has 1 amide bonds. The molecule has 4 atom stereocenters. The Bertz CT molecular complexity index is 1350. The van der Waals surface area contributed by atoms with Crippen molar-refractivity contribution in [1.82, 2.24) is 24.0 Å². The summed E-state index contributed by atoms with van der Waals surface area (Å²) < 4.78 is 26.7. The van der Waals surface area contributed by atoms with Gasteiger partial charge in [0.25, 0.3) is 11.5 Å². The average Bonchev–Trinajstić information content (AvgIpc) is 3.10. The van der Waals surface area contributed by atoms with Crippen LogP contribution in [0.5, 0.6) is 0 Å². The number of β-amino-alcohol motifs (C(OH)–C–C–N with tert-alkyl or cyclic N) is 1. The second-order valence-electron chi connectivity index (χ2n) is 11.7. The lowest BCUT2D eigenvalue weighted by Crippen LogP contribution is -2.55. The lowest BCUT2D eigenvalue weighted by molar-refractivity contribution is 0.0276. The van der Waals surface area contributed by atoms with Crippen molar-refractivity contribution in [3.63, 3.8) is 0 Å². The van der Waals surface area contributed by atoms with Crippen molar-refractivity contribution in [2.24, 2.45) is 0 Å². The Labute approximate surface area is 230 Å². The Hall–Kier alpha value is -2.31. The summed E-state index contributed by atoms with van der Waals surface area (Å²) in [6.45, 7) is 7.17. The molecule has 2 bridgehead atoms. The first-order valence-electron chi connectivity index (χ1n) is 14.1. The summed E-state index contributed by atoms with van der Waals surface area (Å²) in [5, 5.41) is 14.9. The van der Waals surface area contributed by atoms with Gasteiger partial charge in [0.15, 0.2) is 0 Å². The number of pyridine rings is 1. The van der Waals surface area contributed by atoms with Crippen molar-refractivity contribution in [3.05, 3.63) is 46.2 Å². The molecule has 1 unspecified atom stereocenters. The molecule has 1 aromatic heterocycles. The molecule has 3 fully saturated rings. The van der Waals surface area contributed by atoms with Gasteiger partial charge < -0.3 is 15.0 Å². The van der Waals surface area contributed by atoms with E-state index in [1.54, 1.807) is 10.6 Å². The van der Waals surface area contributed by atoms with Crippen LogP contribution in [0.25, 0.3) is 10.9 Å². The number of carbonyl (C=O) groups is 1. The second-order valence-corrected chi connectivity index (χ2v) is 13.7. The number of benzene rings is 1. The molecule has 214 valence electrons. The number of fused-ring (bicyclic) bond motifs is 3. The number of sulfonamides is 1. The van der Waals surface area contributed by atoms with Gasteiger partial charge in [0.2, 0.25) is 10.0 Å². The van der Waals surface area contributed by atoms with Crippen molar-refractivity contribution in [3.8, 4) is 0 Å². The highest BCUT2D eigenvalue weighted by molar-refractivity contribution is 7.88. The number of aliphatic hydroxyl groups is 1. The number of rotatable bonds is 8. The maximum atomic E-state index is 13.3. The Morgan fingerprint density at radius 2 is 1.69 bits per heavy atom. The van der Waals surface area contributed by atoms with Gasteiger partial charge in [-0.05, 0) is 57.0 Å². The van der Waals surface area contributed by atoms with Crippen molar-refractivity contribution >= 4 is 26.8 Å². The van der Waals surface area contributed by atoms with Crippen LogP contribution >= 0.6 is 0 Å². The van der Waals surface area contributed by atoms with Crippen LogP contribution in [0.3, 0.4) is 0 Å². The Balaban J connectivity index is 1.18. The van der Waals surface area contributed by atoms with E-state index in [9.17, 15) is 23.1 Å². The predicted molar refractivity (Wildman–Crippen MR) is 151 cm³/mol. The van der Waals surface area contributed by atoms with E-state index in [1.165, 1.54) is 10.6 Å². The number of hydrogen-bond donors (Lipinski definition) is 2. The summed E-state index contributed by atoms with van der Waals surface area (Å²) in [5.74, 6) is -0.314. The summed E-state index contributed by atoms with van der Waals surface area (Å²) >= 11 is 0. The molecule has 3 saturated heterocycles. The number of hydrogen-bond acceptors (Lipinski definition) is 7. The molecule has 0 spiro atoms. The Morgan fingerprint density at radius 3 is 2.31 bits per heavy atom. The van der Waals surface area contributed by atoms with Gasteiger partial charge in [-0.25, -0.2) is 8.42 Å². The highest BCUT2D eigenvalue weighted by atomic mass is 32.2. The normalized spacial score (nSPS) is 25.8. The van der Waals surface area contributed by atoms with Gasteiger partial charge in [-0.15, -0.1) is 0 Å². The van der Waals surface area contributed by atoms with Crippen LogP contribution in [0.15, 0.2) is 35.1 Å². The molecule has 39 heavy (non-hydrogen) atoms. The van der Waals surface area contributed by atoms with E-state index in [1.807, 2.05) is 38.1 Å². The lowest BCUT2D eigenvalue weighted by Gasteiger charge is -2.41. The van der Waals surface area contributed by atoms with Gasteiger partial charge in [0.05, 0.1) is 17.9 Å². The van der Waals surface area contributed by atoms with Crippen molar-refractivity contribution in [1.29, 1.82) is 0 Å². The average molecular weight is 560 g/mol. The summed E-state index contributed by atoms with van der Waals surface area (Å²) in [7, 11) is -3.17. The molecule has 3 aliphatic heterocycles. The minimum Gasteiger partial charge on any atom is -0.390 e. The van der Waals surface area contributed by atoms with Gasteiger partial charge in [-0.3, -0.25) is 19.4 Å². The van der Waals surface area contributed by atoms with Crippen LogP contribution in [-0.2, 0) is 10.0 Å². The number of nitrogens with zero attached hydrogens (tertiary/aromatic N) is 4. The second kappa shape index (κ2) is 11.3. The third kappa shape index (κ3) is 6.07. The Kier molecular flexibility index (Phi) is 8.17. The van der Waals surface area contributed by atoms with Crippen molar-refractivity contribution < 1.29 is 18.3 Å². The molecule has 4 heterocycles. The predicted octanol–water partition coefficient (Wildman–Crippen LogP) is 1.25. The number of nitrogens with one attached hydrogen (secondary N) is 1. The first kappa shape index (κ1) is 28.2. The van der Waals surface area contributed by atoms with E-state index < -0.39 is 16.1 Å². The van der Waals surface area contributed by atoms with Gasteiger partial charge in [0.1, 0.15) is 5.56 Å². The first-order valence-corrected chi connectivity index (χ1v) is 15.9. The molecule has 10 nitrogen and oxygen atoms in total. The van der Waals surface area contributed by atoms with Crippen LogP contribution in [0.2, 0.25) is 0 Å². The minimum atomic E-state index is -3.17. The van der Waals surface area contributed by atoms with E-state index in [4.69, 9.17) is 0 Å². The molecular formula is C28H41N5O5S. The summed E-state index contributed by atoms with van der Waals surface area (Å²) in [6.07, 6.45) is 4.39. The van der Waals surface area contributed by atoms with Crippen LogP contribution in [0, 0.1) is 0 Å². The van der Waals surface area contributed by atoms with Gasteiger partial charge >= 0.3 is 0 Å². The fourth-order valence-electron chi connectivity index (χ4n) is 6.76. The monoisotopic (exact) mass is 559 g/mol. The molecular weight excluding hydrogens is 518 g/mol. The fourth-order valence-corrected chi connectivity index (χ4v) is 7.58. The van der Waals surface area contributed by atoms with Crippen LogP contribution in [0.4, 0.5) is 0 Å². The minimum absolute atomic E-state index is 0.00849. The number of aromatic nitrogens is 1. The summed E-state index contributed by atoms with van der Waals surface area (Å²) in [6, 6.07) is 9.87. The number of aliphatic hydroxyl groups excluding tert-OH is 1. The summed E-state index contributed by atoms with van der Waals surface area (Å²) in [5.41, 5.74) is 0.752. The zero-order valence-corrected chi connectivity index (χ0v) is 23.9. The number of carbonyl (C=O) groups excluding carboxylic acids is 1. The standard InChI is InChI=1S/C28H41N5O5S/c1-19(2)33-26-7-5-4-6-20(26)14-25(28(33)36)27(35)29-21-15-22-8-9-23(16-21)32(22)18-24(34)17-30-10-12-31(13-11-30)39(3,37)38/h4-7,14,19,21-24,34H,8-13,15-18H2,1-3H3,(H,29,35)/t21?,22-,23+,24-/m0/s1. The van der Waals surface area contributed by atoms with Crippen LogP contribution in [0.1, 0.15) is 55.9 Å². The van der Waals surface area contributed by atoms with Crippen LogP contribution < -0.4 is 10.9 Å². The molecule has 2 N–H and O–H groups in total. The largest absolute Gasteiger partial charge is 0.390 e. The molecule has 2 aromatic rings. The lowest BCUT2D eigenvalue weighted by atomic mass is 9.96. The molecule has 1 aromatic carbocycles. The summed E-state index contributed by atoms with van der Waals surface area (Å²) in [4.78, 5) is 31.1. The van der Waals surface area contributed by atoms with Crippen molar-refractivity contribution in [2.45, 2.75) is 69.8 Å². The van der Waals surface area contributed by atoms with E-state index in [-0.39, 0.29) is 41.2 Å². The SMILES string of the molecule is CC(C)n1c(=O)c(C(=O)NC2C[C@H]3CC[C@@H](C2)N3C[C@@H](O)CN2CCN(S(C)(=O)=O)CC2)cc2ccccc21. The molecule has 11 heteroatoms. The van der Waals surface area contributed by atoms with Gasteiger partial charge in [-0.1, -0.05) is 18.2 Å². The highest BCUT2D eigenvalue weighted by Gasteiger charge is 2.42. The highest BCUT2D eigenvalue weighted by Crippen LogP contribution is 2.36. The quantitative estimate of drug-likeness (QED) is 0.500. The maximum absolute atomic E-state index is 13.3. The molecule has 0 radical (unpaired) electrons. The third-order valence-electron chi connectivity index (χ3n) is 8.62. The van der Waals surface area contributed by atoms with Gasteiger partial charge in [0, 0.05) is 63.4 Å². The van der Waals surface area contributed by atoms with Crippen LogP contribution in [-0.4, -0.2) is 108 Å². The Morgan fingerprint density at radius 1 is 1.05 bits per heavy atom.